The zero-order valence-electron chi connectivity index (χ0n) is 15.8. The molecule has 1 fully saturated rings. The fourth-order valence-corrected chi connectivity index (χ4v) is 3.15. The van der Waals surface area contributed by atoms with Gasteiger partial charge >= 0.3 is 11.9 Å². The molecule has 2 heterocycles. The first-order chi connectivity index (χ1) is 13.4. The molecule has 0 saturated carbocycles. The number of nitrogens with zero attached hydrogens (tertiary/aromatic N) is 3. The van der Waals surface area contributed by atoms with E-state index in [0.717, 1.165) is 16.4 Å². The third-order valence-corrected chi connectivity index (χ3v) is 4.92. The van der Waals surface area contributed by atoms with Gasteiger partial charge in [-0.2, -0.15) is 0 Å². The van der Waals surface area contributed by atoms with Crippen LogP contribution in [0.15, 0.2) is 10.5 Å². The summed E-state index contributed by atoms with van der Waals surface area (Å²) in [6.45, 7) is 3.76. The minimum absolute atomic E-state index is 0.0973. The summed E-state index contributed by atoms with van der Waals surface area (Å²) in [6, 6.07) is 0. The predicted molar refractivity (Wildman–Crippen MR) is 98.9 cm³/mol. The van der Waals surface area contributed by atoms with Crippen LogP contribution in [0.1, 0.15) is 32.9 Å². The van der Waals surface area contributed by atoms with Gasteiger partial charge in [0, 0.05) is 11.8 Å². The van der Waals surface area contributed by atoms with Crippen LogP contribution in [0, 0.1) is 5.92 Å². The average Bonchev–Trinajstić information content (AvgIpc) is 3.05. The number of oxime groups is 1. The van der Waals surface area contributed by atoms with Crippen molar-refractivity contribution in [3.8, 4) is 0 Å². The van der Waals surface area contributed by atoms with Crippen LogP contribution in [0.25, 0.3) is 0 Å². The number of aromatic nitrogens is 1. The van der Waals surface area contributed by atoms with E-state index < -0.39 is 47.8 Å². The highest BCUT2D eigenvalue weighted by Gasteiger charge is 2.56. The molecule has 4 N–H and O–H groups in total. The Morgan fingerprint density at radius 2 is 2.07 bits per heavy atom. The molecule has 1 aromatic rings. The SMILES string of the molecule is CC(ON1C(=O)[C@@H](CC(=O)/C(=N\OCC(=O)O)c2csc(N)n2)C1(C)C)C(=O)O. The number of carboxylic acid groups (broad SMARTS) is 2. The largest absolute Gasteiger partial charge is 0.479 e. The number of hydrogen-bond donors (Lipinski definition) is 3. The van der Waals surface area contributed by atoms with E-state index in [-0.39, 0.29) is 23.0 Å². The van der Waals surface area contributed by atoms with Crippen LogP contribution in [0.2, 0.25) is 0 Å². The molecule has 2 atom stereocenters. The number of rotatable bonds is 10. The number of carbonyl (C=O) groups excluding carboxylic acids is 2. The molecule has 12 nitrogen and oxygen atoms in total. The molecular weight excluding hydrogens is 408 g/mol. The highest BCUT2D eigenvalue weighted by molar-refractivity contribution is 7.13. The normalized spacial score (nSPS) is 19.4. The number of amides is 1. The van der Waals surface area contributed by atoms with Gasteiger partial charge in [-0.05, 0) is 20.8 Å². The minimum atomic E-state index is -1.28. The molecule has 2 rings (SSSR count). The van der Waals surface area contributed by atoms with Crippen molar-refractivity contribution >= 4 is 45.8 Å². The lowest BCUT2D eigenvalue weighted by Crippen LogP contribution is -2.68. The topological polar surface area (TPSA) is 182 Å². The molecule has 13 heteroatoms. The quantitative estimate of drug-likeness (QED) is 0.263. The van der Waals surface area contributed by atoms with Gasteiger partial charge in [-0.1, -0.05) is 5.16 Å². The minimum Gasteiger partial charge on any atom is -0.479 e. The Balaban J connectivity index is 2.15. The van der Waals surface area contributed by atoms with E-state index in [1.165, 1.54) is 12.3 Å². The van der Waals surface area contributed by atoms with Gasteiger partial charge in [0.25, 0.3) is 5.91 Å². The van der Waals surface area contributed by atoms with Crippen LogP contribution in [-0.4, -0.2) is 67.9 Å². The van der Waals surface area contributed by atoms with Crippen molar-refractivity contribution in [3.63, 3.8) is 0 Å². The lowest BCUT2D eigenvalue weighted by molar-refractivity contribution is -0.282. The molecular formula is C16H20N4O8S. The maximum absolute atomic E-state index is 12.8. The van der Waals surface area contributed by atoms with Crippen molar-refractivity contribution in [1.82, 2.24) is 10.0 Å². The van der Waals surface area contributed by atoms with Crippen molar-refractivity contribution in [2.75, 3.05) is 12.3 Å². The molecule has 0 aromatic carbocycles. The maximum Gasteiger partial charge on any atom is 0.344 e. The number of β-lactam (4-membered cyclic amide) rings is 1. The molecule has 0 bridgehead atoms. The number of Topliss-reactive ketones (excluding diaryl/α,β-unsaturated/α-hetero) is 1. The number of carbonyl (C=O) groups is 4. The summed E-state index contributed by atoms with van der Waals surface area (Å²) in [6.07, 6.45) is -1.53. The highest BCUT2D eigenvalue weighted by Crippen LogP contribution is 2.40. The van der Waals surface area contributed by atoms with Gasteiger partial charge in [-0.15, -0.1) is 11.3 Å². The van der Waals surface area contributed by atoms with Crippen molar-refractivity contribution in [3.05, 3.63) is 11.1 Å². The van der Waals surface area contributed by atoms with Crippen LogP contribution in [0.4, 0.5) is 5.13 Å². The number of nitrogen functional groups attached to an aromatic ring is 1. The number of hydroxylamine groups is 2. The summed E-state index contributed by atoms with van der Waals surface area (Å²) < 4.78 is 0. The van der Waals surface area contributed by atoms with Gasteiger partial charge in [0.05, 0.1) is 11.5 Å². The van der Waals surface area contributed by atoms with E-state index >= 15 is 0 Å². The standard InChI is InChI=1S/C16H20N4O8S/c1-7(14(25)26)28-20-13(24)8(16(20,2)3)4-10(21)12(19-27-5-11(22)23)9-6-29-15(17)18-9/h6-8H,4-5H2,1-3H3,(H2,17,18)(H,22,23)(H,25,26)/b19-12-/t7?,8-/m1/s1. The second-order valence-corrected chi connectivity index (χ2v) is 7.62. The van der Waals surface area contributed by atoms with Crippen molar-refractivity contribution in [2.24, 2.45) is 11.1 Å². The molecule has 1 unspecified atom stereocenters. The lowest BCUT2D eigenvalue weighted by Gasteiger charge is -2.52. The zero-order valence-corrected chi connectivity index (χ0v) is 16.6. The third-order valence-electron chi connectivity index (χ3n) is 4.25. The molecule has 0 radical (unpaired) electrons. The first-order valence-electron chi connectivity index (χ1n) is 8.35. The second-order valence-electron chi connectivity index (χ2n) is 6.73. The Bertz CT molecular complexity index is 865. The molecule has 1 saturated heterocycles. The molecule has 1 aliphatic rings. The summed E-state index contributed by atoms with van der Waals surface area (Å²) in [4.78, 5) is 60.5. The lowest BCUT2D eigenvalue weighted by atomic mass is 9.74. The molecule has 1 aromatic heterocycles. The maximum atomic E-state index is 12.8. The number of hydrogen-bond acceptors (Lipinski definition) is 10. The van der Waals surface area contributed by atoms with Crippen molar-refractivity contribution in [1.29, 1.82) is 0 Å². The van der Waals surface area contributed by atoms with Crippen molar-refractivity contribution in [2.45, 2.75) is 38.8 Å². The van der Waals surface area contributed by atoms with E-state index in [9.17, 15) is 19.2 Å². The monoisotopic (exact) mass is 428 g/mol. The number of aliphatic carboxylic acids is 2. The second kappa shape index (κ2) is 8.53. The Kier molecular flexibility index (Phi) is 6.54. The molecule has 0 aliphatic carbocycles. The molecule has 1 aliphatic heterocycles. The first kappa shape index (κ1) is 22.2. The smallest absolute Gasteiger partial charge is 0.344 e. The van der Waals surface area contributed by atoms with E-state index in [1.54, 1.807) is 13.8 Å². The Hall–Kier alpha value is -3.06. The van der Waals surface area contributed by atoms with Crippen LogP contribution in [0.5, 0.6) is 0 Å². The van der Waals surface area contributed by atoms with Gasteiger partial charge in [0.15, 0.2) is 22.7 Å². The Labute approximate surface area is 168 Å². The Morgan fingerprint density at radius 3 is 2.55 bits per heavy atom. The zero-order chi connectivity index (χ0) is 21.9. The van der Waals surface area contributed by atoms with E-state index in [1.807, 2.05) is 0 Å². The van der Waals surface area contributed by atoms with Gasteiger partial charge in [0.1, 0.15) is 5.69 Å². The number of anilines is 1. The summed E-state index contributed by atoms with van der Waals surface area (Å²) in [5, 5.41) is 23.7. The summed E-state index contributed by atoms with van der Waals surface area (Å²) >= 11 is 1.05. The van der Waals surface area contributed by atoms with Crippen LogP contribution in [-0.2, 0) is 28.9 Å². The number of carboxylic acids is 2. The number of nitrogens with two attached hydrogens (primary N) is 1. The average molecular weight is 428 g/mol. The third kappa shape index (κ3) is 4.86. The van der Waals surface area contributed by atoms with Gasteiger partial charge in [-0.3, -0.25) is 14.4 Å². The highest BCUT2D eigenvalue weighted by atomic mass is 32.1. The van der Waals surface area contributed by atoms with Crippen LogP contribution >= 0.6 is 11.3 Å². The fraction of sp³-hybridized carbons (Fsp3) is 0.500. The molecule has 1 amide bonds. The van der Waals surface area contributed by atoms with Gasteiger partial charge < -0.3 is 20.8 Å². The number of ketones is 1. The van der Waals surface area contributed by atoms with E-state index in [4.69, 9.17) is 20.8 Å². The summed E-state index contributed by atoms with van der Waals surface area (Å²) in [5.41, 5.74) is 4.45. The first-order valence-corrected chi connectivity index (χ1v) is 9.23. The van der Waals surface area contributed by atoms with Crippen LogP contribution < -0.4 is 5.73 Å². The summed E-state index contributed by atoms with van der Waals surface area (Å²) in [7, 11) is 0. The predicted octanol–water partition coefficient (Wildman–Crippen LogP) is 0.132. The molecule has 29 heavy (non-hydrogen) atoms. The van der Waals surface area contributed by atoms with Gasteiger partial charge in [0.2, 0.25) is 6.61 Å². The van der Waals surface area contributed by atoms with Gasteiger partial charge in [-0.25, -0.2) is 19.6 Å². The molecule has 158 valence electrons. The van der Waals surface area contributed by atoms with E-state index in [0.29, 0.717) is 0 Å². The fourth-order valence-electron chi connectivity index (χ4n) is 2.60. The number of thiazole rings is 1. The summed E-state index contributed by atoms with van der Waals surface area (Å²) in [5.74, 6) is -4.50. The van der Waals surface area contributed by atoms with Crippen LogP contribution in [0.3, 0.4) is 0 Å². The Morgan fingerprint density at radius 1 is 1.41 bits per heavy atom. The van der Waals surface area contributed by atoms with Crippen molar-refractivity contribution < 1.29 is 39.1 Å². The van der Waals surface area contributed by atoms with E-state index in [2.05, 4.69) is 15.0 Å². The molecule has 0 spiro atoms.